The zero-order valence-corrected chi connectivity index (χ0v) is 11.6. The Labute approximate surface area is 109 Å². The van der Waals surface area contributed by atoms with E-state index in [4.69, 9.17) is 4.74 Å². The fourth-order valence-corrected chi connectivity index (χ4v) is 1.77. The molecule has 0 spiro atoms. The first-order valence-corrected chi connectivity index (χ1v) is 6.14. The Morgan fingerprint density at radius 3 is 2.33 bits per heavy atom. The van der Waals surface area contributed by atoms with E-state index < -0.39 is 0 Å². The highest BCUT2D eigenvalue weighted by Crippen LogP contribution is 2.15. The zero-order chi connectivity index (χ0) is 13.5. The summed E-state index contributed by atoms with van der Waals surface area (Å²) in [6.45, 7) is 4.04. The van der Waals surface area contributed by atoms with E-state index in [1.54, 1.807) is 0 Å². The molecule has 1 aromatic rings. The molecule has 0 amide bonds. The molecule has 3 heteroatoms. The van der Waals surface area contributed by atoms with Crippen LogP contribution in [0.5, 0.6) is 0 Å². The Morgan fingerprint density at radius 1 is 1.22 bits per heavy atom. The molecule has 0 aliphatic heterocycles. The molecule has 0 heterocycles. The van der Waals surface area contributed by atoms with Crippen molar-refractivity contribution >= 4 is 5.97 Å². The van der Waals surface area contributed by atoms with Gasteiger partial charge >= 0.3 is 5.97 Å². The average molecular weight is 247 g/mol. The van der Waals surface area contributed by atoms with Crippen molar-refractivity contribution in [1.82, 2.24) is 4.90 Å². The number of rotatable bonds is 5. The van der Waals surface area contributed by atoms with Crippen LogP contribution in [0.2, 0.25) is 0 Å². The number of allylic oxidation sites excluding steroid dienone is 1. The molecule has 18 heavy (non-hydrogen) atoms. The van der Waals surface area contributed by atoms with Crippen LogP contribution in [0.25, 0.3) is 0 Å². The first kappa shape index (κ1) is 14.3. The molecule has 0 radical (unpaired) electrons. The Balaban J connectivity index is 2.96. The van der Waals surface area contributed by atoms with Gasteiger partial charge in [0.25, 0.3) is 0 Å². The Morgan fingerprint density at radius 2 is 1.83 bits per heavy atom. The number of nitrogens with zero attached hydrogens (tertiary/aromatic N) is 1. The maximum absolute atomic E-state index is 11.8. The van der Waals surface area contributed by atoms with Crippen LogP contribution in [0.4, 0.5) is 0 Å². The number of hydrogen-bond acceptors (Lipinski definition) is 3. The van der Waals surface area contributed by atoms with Crippen LogP contribution >= 0.6 is 0 Å². The van der Waals surface area contributed by atoms with Gasteiger partial charge in [0.05, 0.1) is 12.2 Å². The SMILES string of the molecule is CCOC(=O)C(C)=C(Cc1ccccc1)N(C)C. The predicted molar refractivity (Wildman–Crippen MR) is 73.2 cm³/mol. The summed E-state index contributed by atoms with van der Waals surface area (Å²) < 4.78 is 5.05. The smallest absolute Gasteiger partial charge is 0.335 e. The summed E-state index contributed by atoms with van der Waals surface area (Å²) >= 11 is 0. The van der Waals surface area contributed by atoms with Crippen molar-refractivity contribution in [3.05, 3.63) is 47.2 Å². The third-order valence-corrected chi connectivity index (χ3v) is 2.77. The number of ether oxygens (including phenoxy) is 1. The fraction of sp³-hybridized carbons (Fsp3) is 0.400. The first-order chi connectivity index (χ1) is 8.56. The van der Waals surface area contributed by atoms with E-state index in [0.29, 0.717) is 12.2 Å². The van der Waals surface area contributed by atoms with Gasteiger partial charge in [-0.15, -0.1) is 0 Å². The number of carbonyl (C=O) groups excluding carboxylic acids is 1. The van der Waals surface area contributed by atoms with Crippen molar-refractivity contribution in [2.24, 2.45) is 0 Å². The highest BCUT2D eigenvalue weighted by atomic mass is 16.5. The van der Waals surface area contributed by atoms with Crippen LogP contribution in [-0.4, -0.2) is 31.6 Å². The molecule has 0 saturated heterocycles. The summed E-state index contributed by atoms with van der Waals surface area (Å²) in [4.78, 5) is 13.7. The first-order valence-electron chi connectivity index (χ1n) is 6.14. The number of hydrogen-bond donors (Lipinski definition) is 0. The molecular formula is C15H21NO2. The van der Waals surface area contributed by atoms with Gasteiger partial charge in [0.15, 0.2) is 0 Å². The molecule has 0 aliphatic rings. The van der Waals surface area contributed by atoms with Crippen LogP contribution in [0.1, 0.15) is 19.4 Å². The van der Waals surface area contributed by atoms with E-state index in [-0.39, 0.29) is 5.97 Å². The van der Waals surface area contributed by atoms with Gasteiger partial charge in [-0.05, 0) is 19.4 Å². The lowest BCUT2D eigenvalue weighted by Crippen LogP contribution is -2.19. The third-order valence-electron chi connectivity index (χ3n) is 2.77. The van der Waals surface area contributed by atoms with Crippen molar-refractivity contribution in [3.63, 3.8) is 0 Å². The van der Waals surface area contributed by atoms with Gasteiger partial charge in [-0.1, -0.05) is 30.3 Å². The molecule has 0 saturated carbocycles. The lowest BCUT2D eigenvalue weighted by molar-refractivity contribution is -0.138. The van der Waals surface area contributed by atoms with Crippen molar-refractivity contribution in [1.29, 1.82) is 0 Å². The van der Waals surface area contributed by atoms with E-state index in [1.807, 2.05) is 51.0 Å². The monoisotopic (exact) mass is 247 g/mol. The molecule has 0 fully saturated rings. The average Bonchev–Trinajstić information content (AvgIpc) is 2.36. The molecule has 0 aliphatic carbocycles. The number of benzene rings is 1. The van der Waals surface area contributed by atoms with Gasteiger partial charge in [0, 0.05) is 26.2 Å². The van der Waals surface area contributed by atoms with Crippen molar-refractivity contribution in [3.8, 4) is 0 Å². The van der Waals surface area contributed by atoms with E-state index in [2.05, 4.69) is 12.1 Å². The van der Waals surface area contributed by atoms with Crippen LogP contribution in [0, 0.1) is 0 Å². The van der Waals surface area contributed by atoms with Gasteiger partial charge in [-0.3, -0.25) is 0 Å². The molecule has 0 unspecified atom stereocenters. The normalized spacial score (nSPS) is 11.8. The number of carbonyl (C=O) groups is 1. The Bertz CT molecular complexity index is 421. The summed E-state index contributed by atoms with van der Waals surface area (Å²) in [5.41, 5.74) is 2.84. The molecule has 0 atom stereocenters. The molecular weight excluding hydrogens is 226 g/mol. The lowest BCUT2D eigenvalue weighted by atomic mass is 10.1. The molecule has 3 nitrogen and oxygen atoms in total. The summed E-state index contributed by atoms with van der Waals surface area (Å²) in [7, 11) is 3.89. The zero-order valence-electron chi connectivity index (χ0n) is 11.6. The van der Waals surface area contributed by atoms with Crippen LogP contribution in [0.15, 0.2) is 41.6 Å². The van der Waals surface area contributed by atoms with Gasteiger partial charge in [-0.2, -0.15) is 0 Å². The Kier molecular flexibility index (Phi) is 5.43. The lowest BCUT2D eigenvalue weighted by Gasteiger charge is -2.20. The molecule has 0 bridgehead atoms. The summed E-state index contributed by atoms with van der Waals surface area (Å²) in [5.74, 6) is -0.239. The minimum Gasteiger partial charge on any atom is -0.463 e. The second-order valence-electron chi connectivity index (χ2n) is 4.35. The van der Waals surface area contributed by atoms with Crippen molar-refractivity contribution < 1.29 is 9.53 Å². The second kappa shape index (κ2) is 6.84. The van der Waals surface area contributed by atoms with Crippen LogP contribution < -0.4 is 0 Å². The molecule has 0 N–H and O–H groups in total. The summed E-state index contributed by atoms with van der Waals surface area (Å²) in [6.07, 6.45) is 0.735. The summed E-state index contributed by atoms with van der Waals surface area (Å²) in [6, 6.07) is 10.1. The van der Waals surface area contributed by atoms with Gasteiger partial charge in [0.2, 0.25) is 0 Å². The van der Waals surface area contributed by atoms with Gasteiger partial charge in [-0.25, -0.2) is 4.79 Å². The molecule has 1 aromatic carbocycles. The van der Waals surface area contributed by atoms with Crippen molar-refractivity contribution in [2.45, 2.75) is 20.3 Å². The van der Waals surface area contributed by atoms with Gasteiger partial charge in [0.1, 0.15) is 0 Å². The van der Waals surface area contributed by atoms with E-state index in [0.717, 1.165) is 12.1 Å². The van der Waals surface area contributed by atoms with Crippen molar-refractivity contribution in [2.75, 3.05) is 20.7 Å². The van der Waals surface area contributed by atoms with E-state index in [9.17, 15) is 4.79 Å². The highest BCUT2D eigenvalue weighted by molar-refractivity contribution is 5.88. The third kappa shape index (κ3) is 3.91. The molecule has 98 valence electrons. The standard InChI is InChI=1S/C15H21NO2/c1-5-18-15(17)12(2)14(16(3)4)11-13-9-7-6-8-10-13/h6-10H,5,11H2,1-4H3. The minimum atomic E-state index is -0.239. The summed E-state index contributed by atoms with van der Waals surface area (Å²) in [5, 5.41) is 0. The number of likely N-dealkylation sites (N-methyl/N-ethyl adjacent to an activating group) is 1. The van der Waals surface area contributed by atoms with Crippen LogP contribution in [0.3, 0.4) is 0 Å². The molecule has 1 rings (SSSR count). The second-order valence-corrected chi connectivity index (χ2v) is 4.35. The maximum Gasteiger partial charge on any atom is 0.335 e. The highest BCUT2D eigenvalue weighted by Gasteiger charge is 2.13. The quantitative estimate of drug-likeness (QED) is 0.592. The van der Waals surface area contributed by atoms with Gasteiger partial charge < -0.3 is 9.64 Å². The maximum atomic E-state index is 11.8. The van der Waals surface area contributed by atoms with E-state index in [1.165, 1.54) is 5.56 Å². The topological polar surface area (TPSA) is 29.5 Å². The predicted octanol–water partition coefficient (Wildman–Crippen LogP) is 2.63. The minimum absolute atomic E-state index is 0.239. The van der Waals surface area contributed by atoms with Crippen LogP contribution in [-0.2, 0) is 16.0 Å². The largest absolute Gasteiger partial charge is 0.463 e. The number of esters is 1. The Hall–Kier alpha value is -1.77. The van der Waals surface area contributed by atoms with E-state index >= 15 is 0 Å². The fourth-order valence-electron chi connectivity index (χ4n) is 1.77. The molecule has 0 aromatic heterocycles.